The van der Waals surface area contributed by atoms with E-state index in [1.807, 2.05) is 6.08 Å². The Kier molecular flexibility index (Phi) is 51.0. The van der Waals surface area contributed by atoms with Crippen LogP contribution in [0.1, 0.15) is 277 Å². The Labute approximate surface area is 392 Å². The van der Waals surface area contributed by atoms with Crippen LogP contribution in [0.4, 0.5) is 0 Å². The van der Waals surface area contributed by atoms with Gasteiger partial charge < -0.3 is 20.6 Å². The number of unbranched alkanes of at least 4 members (excludes halogenated alkanes) is 33. The van der Waals surface area contributed by atoms with Crippen LogP contribution in [0.5, 0.6) is 0 Å². The molecule has 3 atom stereocenters. The lowest BCUT2D eigenvalue weighted by atomic mass is 10.0. The number of nitrogens with one attached hydrogen (secondary N) is 1. The summed E-state index contributed by atoms with van der Waals surface area (Å²) in [5.74, 6) is -0.329. The van der Waals surface area contributed by atoms with Gasteiger partial charge in [0.1, 0.15) is 0 Å². The van der Waals surface area contributed by atoms with Gasteiger partial charge in [0.2, 0.25) is 5.91 Å². The topological polar surface area (TPSA) is 89.8 Å². The van der Waals surface area contributed by atoms with Crippen LogP contribution in [0.25, 0.3) is 0 Å². The zero-order valence-electron chi connectivity index (χ0n) is 42.0. The van der Waals surface area contributed by atoms with Crippen molar-refractivity contribution in [2.75, 3.05) is 6.61 Å². The smallest absolute Gasteiger partial charge is 0.222 e. The van der Waals surface area contributed by atoms with Crippen molar-refractivity contribution >= 4 is 5.91 Å². The monoisotopic (exact) mass is 882 g/mol. The van der Waals surface area contributed by atoms with Gasteiger partial charge >= 0.3 is 0 Å². The van der Waals surface area contributed by atoms with Crippen LogP contribution in [0, 0.1) is 0 Å². The zero-order chi connectivity index (χ0) is 45.8. The number of hydrogen-bond acceptors (Lipinski definition) is 4. The Morgan fingerprint density at radius 3 is 1.11 bits per heavy atom. The largest absolute Gasteiger partial charge is 0.394 e. The standard InChI is InChI=1S/C58H107NO4/c1-3-5-7-9-11-13-15-17-19-21-23-24-25-26-27-28-29-30-31-32-34-35-37-39-41-43-45-47-49-51-55(61)53-58(63)59-56(54-60)57(62)52-50-48-46-44-42-40-38-36-33-22-20-18-16-14-12-10-8-6-4-2/h23-24,26-27,33,36,42,44,50,52,55-57,60-62H,3-22,25,28-32,34-35,37-41,43,45-49,51,53-54H2,1-2H3,(H,59,63)/b24-23-,27-26-,36-33+,44-42+,52-50+. The second-order valence-electron chi connectivity index (χ2n) is 18.8. The van der Waals surface area contributed by atoms with Crippen LogP contribution in [0.3, 0.4) is 0 Å². The molecule has 0 aromatic rings. The fraction of sp³-hybridized carbons (Fsp3) is 0.810. The van der Waals surface area contributed by atoms with E-state index in [4.69, 9.17) is 0 Å². The Balaban J connectivity index is 3.63. The maximum Gasteiger partial charge on any atom is 0.222 e. The molecule has 0 aromatic carbocycles. The number of allylic oxidation sites excluding steroid dienone is 9. The first-order chi connectivity index (χ1) is 31.0. The van der Waals surface area contributed by atoms with Gasteiger partial charge in [-0.05, 0) is 77.0 Å². The van der Waals surface area contributed by atoms with Crippen molar-refractivity contribution in [2.45, 2.75) is 295 Å². The molecule has 0 aliphatic carbocycles. The van der Waals surface area contributed by atoms with Crippen LogP contribution >= 0.6 is 0 Å². The first kappa shape index (κ1) is 61.0. The second-order valence-corrected chi connectivity index (χ2v) is 18.8. The van der Waals surface area contributed by atoms with Crippen LogP contribution in [0.15, 0.2) is 60.8 Å². The predicted octanol–water partition coefficient (Wildman–Crippen LogP) is 17.0. The summed E-state index contributed by atoms with van der Waals surface area (Å²) in [6.07, 6.45) is 71.2. The van der Waals surface area contributed by atoms with Gasteiger partial charge in [0.05, 0.1) is 31.3 Å². The fourth-order valence-corrected chi connectivity index (χ4v) is 8.29. The number of aliphatic hydroxyl groups excluding tert-OH is 3. The van der Waals surface area contributed by atoms with E-state index in [1.54, 1.807) is 6.08 Å². The number of carbonyl (C=O) groups excluding carboxylic acids is 1. The molecule has 0 bridgehead atoms. The Bertz CT molecular complexity index is 1060. The lowest BCUT2D eigenvalue weighted by Gasteiger charge is -2.21. The first-order valence-electron chi connectivity index (χ1n) is 27.6. The summed E-state index contributed by atoms with van der Waals surface area (Å²) >= 11 is 0. The molecule has 63 heavy (non-hydrogen) atoms. The average Bonchev–Trinajstić information content (AvgIpc) is 3.28. The van der Waals surface area contributed by atoms with Crippen molar-refractivity contribution in [1.82, 2.24) is 5.32 Å². The van der Waals surface area contributed by atoms with E-state index in [1.165, 1.54) is 205 Å². The quantitative estimate of drug-likeness (QED) is 0.0362. The third-order valence-corrected chi connectivity index (χ3v) is 12.5. The van der Waals surface area contributed by atoms with Gasteiger partial charge in [0.15, 0.2) is 0 Å². The molecule has 5 heteroatoms. The van der Waals surface area contributed by atoms with Gasteiger partial charge in [-0.1, -0.05) is 254 Å². The summed E-state index contributed by atoms with van der Waals surface area (Å²) < 4.78 is 0. The minimum absolute atomic E-state index is 0.000569. The van der Waals surface area contributed by atoms with Gasteiger partial charge in [-0.2, -0.15) is 0 Å². The van der Waals surface area contributed by atoms with E-state index >= 15 is 0 Å². The third kappa shape index (κ3) is 49.3. The summed E-state index contributed by atoms with van der Waals surface area (Å²) in [4.78, 5) is 12.5. The Morgan fingerprint density at radius 2 is 0.730 bits per heavy atom. The Hall–Kier alpha value is -1.95. The SMILES string of the molecule is CCCCCCCCCCC/C=C\C/C=C\CCCCCCCCCCCCCCCC(O)CC(=O)NC(CO)C(O)/C=C/CC/C=C/CC/C=C/CCCCCCCCCCC. The maximum atomic E-state index is 12.5. The molecule has 0 aliphatic rings. The molecule has 0 rings (SSSR count). The minimum atomic E-state index is -0.962. The highest BCUT2D eigenvalue weighted by Crippen LogP contribution is 2.16. The van der Waals surface area contributed by atoms with Gasteiger partial charge in [-0.15, -0.1) is 0 Å². The summed E-state index contributed by atoms with van der Waals surface area (Å²) in [6.45, 7) is 4.21. The molecule has 4 N–H and O–H groups in total. The van der Waals surface area contributed by atoms with E-state index in [-0.39, 0.29) is 18.9 Å². The normalized spacial score (nSPS) is 13.8. The zero-order valence-corrected chi connectivity index (χ0v) is 42.0. The lowest BCUT2D eigenvalue weighted by molar-refractivity contribution is -0.124. The molecule has 0 spiro atoms. The minimum Gasteiger partial charge on any atom is -0.394 e. The van der Waals surface area contributed by atoms with Crippen LogP contribution in [0.2, 0.25) is 0 Å². The van der Waals surface area contributed by atoms with Gasteiger partial charge in [0.25, 0.3) is 0 Å². The molecule has 0 aromatic heterocycles. The van der Waals surface area contributed by atoms with E-state index in [0.717, 1.165) is 44.9 Å². The molecule has 0 aliphatic heterocycles. The highest BCUT2D eigenvalue weighted by molar-refractivity contribution is 5.76. The molecule has 0 saturated heterocycles. The predicted molar refractivity (Wildman–Crippen MR) is 277 cm³/mol. The second kappa shape index (κ2) is 52.7. The number of aliphatic hydroxyl groups is 3. The molecule has 0 heterocycles. The summed E-state index contributed by atoms with van der Waals surface area (Å²) in [5, 5.41) is 33.4. The molecular formula is C58H107NO4. The number of amides is 1. The van der Waals surface area contributed by atoms with Crippen LogP contribution in [-0.4, -0.2) is 46.1 Å². The van der Waals surface area contributed by atoms with Crippen molar-refractivity contribution in [1.29, 1.82) is 0 Å². The molecular weight excluding hydrogens is 775 g/mol. The van der Waals surface area contributed by atoms with Crippen molar-refractivity contribution in [3.8, 4) is 0 Å². The van der Waals surface area contributed by atoms with Crippen molar-refractivity contribution < 1.29 is 20.1 Å². The Morgan fingerprint density at radius 1 is 0.413 bits per heavy atom. The molecule has 0 fully saturated rings. The summed E-state index contributed by atoms with van der Waals surface area (Å²) in [7, 11) is 0. The number of hydrogen-bond donors (Lipinski definition) is 4. The molecule has 3 unspecified atom stereocenters. The number of rotatable bonds is 50. The van der Waals surface area contributed by atoms with E-state index in [0.29, 0.717) is 6.42 Å². The maximum absolute atomic E-state index is 12.5. The van der Waals surface area contributed by atoms with Gasteiger partial charge in [-0.25, -0.2) is 0 Å². The average molecular weight is 882 g/mol. The molecule has 0 radical (unpaired) electrons. The summed E-state index contributed by atoms with van der Waals surface area (Å²) in [5.41, 5.74) is 0. The first-order valence-corrected chi connectivity index (χ1v) is 27.6. The van der Waals surface area contributed by atoms with E-state index < -0.39 is 18.2 Å². The fourth-order valence-electron chi connectivity index (χ4n) is 8.29. The summed E-state index contributed by atoms with van der Waals surface area (Å²) in [6, 6.07) is -0.770. The van der Waals surface area contributed by atoms with Gasteiger partial charge in [0, 0.05) is 0 Å². The van der Waals surface area contributed by atoms with Crippen molar-refractivity contribution in [3.05, 3.63) is 60.8 Å². The molecule has 368 valence electrons. The van der Waals surface area contributed by atoms with Crippen LogP contribution in [-0.2, 0) is 4.79 Å². The molecule has 1 amide bonds. The van der Waals surface area contributed by atoms with Crippen LogP contribution < -0.4 is 5.32 Å². The number of carbonyl (C=O) groups is 1. The van der Waals surface area contributed by atoms with Crippen molar-refractivity contribution in [3.63, 3.8) is 0 Å². The van der Waals surface area contributed by atoms with E-state index in [2.05, 4.69) is 67.8 Å². The highest BCUT2D eigenvalue weighted by atomic mass is 16.3. The van der Waals surface area contributed by atoms with E-state index in [9.17, 15) is 20.1 Å². The highest BCUT2D eigenvalue weighted by Gasteiger charge is 2.20. The molecule has 5 nitrogen and oxygen atoms in total. The third-order valence-electron chi connectivity index (χ3n) is 12.5. The lowest BCUT2D eigenvalue weighted by Crippen LogP contribution is -2.45. The molecule has 0 saturated carbocycles. The van der Waals surface area contributed by atoms with Gasteiger partial charge in [-0.3, -0.25) is 4.79 Å². The van der Waals surface area contributed by atoms with Crippen molar-refractivity contribution in [2.24, 2.45) is 0 Å².